The van der Waals surface area contributed by atoms with Crippen molar-refractivity contribution >= 4 is 11.8 Å². The highest BCUT2D eigenvalue weighted by atomic mass is 32.2. The van der Waals surface area contributed by atoms with E-state index in [1.54, 1.807) is 11.6 Å². The van der Waals surface area contributed by atoms with Gasteiger partial charge in [0.25, 0.3) is 0 Å². The van der Waals surface area contributed by atoms with E-state index < -0.39 is 0 Å². The summed E-state index contributed by atoms with van der Waals surface area (Å²) in [7, 11) is 0. The summed E-state index contributed by atoms with van der Waals surface area (Å²) in [4.78, 5) is 4.18. The topological polar surface area (TPSA) is 82.5 Å². The van der Waals surface area contributed by atoms with Crippen molar-refractivity contribution in [3.63, 3.8) is 0 Å². The molecule has 0 aliphatic rings. The lowest BCUT2D eigenvalue weighted by Crippen LogP contribution is -1.99. The zero-order valence-electron chi connectivity index (χ0n) is 13.1. The van der Waals surface area contributed by atoms with Crippen molar-refractivity contribution in [3.8, 4) is 5.69 Å². The molecule has 0 spiro atoms. The molecule has 0 aliphatic carbocycles. The maximum Gasteiger partial charge on any atom is 0.237 e. The summed E-state index contributed by atoms with van der Waals surface area (Å²) in [5, 5.41) is 16.4. The number of unbranched alkanes of at least 4 members (excludes halogenated alkanes) is 1. The molecule has 8 heteroatoms. The van der Waals surface area contributed by atoms with Crippen molar-refractivity contribution in [3.05, 3.63) is 41.5 Å². The highest BCUT2D eigenvalue weighted by molar-refractivity contribution is 7.98. The molecule has 0 fully saturated rings. The van der Waals surface area contributed by atoms with Gasteiger partial charge in [-0.05, 0) is 47.9 Å². The first-order valence-corrected chi connectivity index (χ1v) is 8.54. The van der Waals surface area contributed by atoms with Gasteiger partial charge in [-0.1, -0.05) is 42.4 Å². The number of hydrogen-bond donors (Lipinski definition) is 0. The Morgan fingerprint density at radius 2 is 2.04 bits per heavy atom. The highest BCUT2D eigenvalue weighted by Crippen LogP contribution is 2.22. The molecule has 7 nitrogen and oxygen atoms in total. The zero-order valence-corrected chi connectivity index (χ0v) is 14.0. The molecule has 0 N–H and O–H groups in total. The van der Waals surface area contributed by atoms with Crippen LogP contribution < -0.4 is 0 Å². The molecule has 2 aromatic heterocycles. The number of thioether (sulfide) groups is 1. The van der Waals surface area contributed by atoms with E-state index >= 15 is 0 Å². The lowest BCUT2D eigenvalue weighted by molar-refractivity contribution is 0.387. The maximum atomic E-state index is 5.10. The van der Waals surface area contributed by atoms with Crippen LogP contribution in [0.1, 0.15) is 37.0 Å². The number of aryl methyl sites for hydroxylation is 2. The second-order valence-corrected chi connectivity index (χ2v) is 6.11. The third-order valence-corrected chi connectivity index (χ3v) is 4.24. The van der Waals surface area contributed by atoms with Gasteiger partial charge in [-0.15, -0.1) is 5.10 Å². The van der Waals surface area contributed by atoms with Crippen LogP contribution in [0.5, 0.6) is 0 Å². The molecule has 0 saturated carbocycles. The van der Waals surface area contributed by atoms with Crippen LogP contribution in [0.2, 0.25) is 0 Å². The number of hydrogen-bond acceptors (Lipinski definition) is 7. The largest absolute Gasteiger partial charge is 0.338 e. The van der Waals surface area contributed by atoms with Gasteiger partial charge < -0.3 is 4.52 Å². The van der Waals surface area contributed by atoms with E-state index in [4.69, 9.17) is 4.52 Å². The van der Waals surface area contributed by atoms with Crippen molar-refractivity contribution in [1.29, 1.82) is 0 Å². The standard InChI is InChI=1S/C15H18N6OS/c1-3-4-5-12-6-8-13(9-7-12)21-15(17-19-20-21)23-10-14-16-11(2)18-22-14/h6-9H,3-5,10H2,1-2H3. The Labute approximate surface area is 138 Å². The average Bonchev–Trinajstić information content (AvgIpc) is 3.20. The molecule has 0 atom stereocenters. The lowest BCUT2D eigenvalue weighted by Gasteiger charge is -2.05. The van der Waals surface area contributed by atoms with Gasteiger partial charge in [0, 0.05) is 0 Å². The first kappa shape index (κ1) is 15.7. The Morgan fingerprint density at radius 3 is 2.74 bits per heavy atom. The summed E-state index contributed by atoms with van der Waals surface area (Å²) < 4.78 is 6.82. The summed E-state index contributed by atoms with van der Waals surface area (Å²) in [6.45, 7) is 3.99. The number of benzene rings is 1. The maximum absolute atomic E-state index is 5.10. The normalized spacial score (nSPS) is 11.0. The van der Waals surface area contributed by atoms with Crippen molar-refractivity contribution in [2.75, 3.05) is 0 Å². The molecule has 0 amide bonds. The lowest BCUT2D eigenvalue weighted by atomic mass is 10.1. The highest BCUT2D eigenvalue weighted by Gasteiger charge is 2.11. The molecule has 120 valence electrons. The smallest absolute Gasteiger partial charge is 0.237 e. The Kier molecular flexibility index (Phi) is 5.02. The monoisotopic (exact) mass is 330 g/mol. The van der Waals surface area contributed by atoms with E-state index in [1.165, 1.54) is 30.2 Å². The molecule has 0 bridgehead atoms. The van der Waals surface area contributed by atoms with E-state index in [-0.39, 0.29) is 0 Å². The first-order chi connectivity index (χ1) is 11.3. The molecule has 3 rings (SSSR count). The third-order valence-electron chi connectivity index (χ3n) is 3.34. The molecule has 0 aliphatic heterocycles. The molecule has 0 saturated heterocycles. The van der Waals surface area contributed by atoms with Crippen LogP contribution in [0.3, 0.4) is 0 Å². The second kappa shape index (κ2) is 7.36. The number of nitrogens with zero attached hydrogens (tertiary/aromatic N) is 6. The second-order valence-electron chi connectivity index (χ2n) is 5.17. The molecule has 1 aromatic carbocycles. The van der Waals surface area contributed by atoms with Crippen LogP contribution in [0.15, 0.2) is 33.9 Å². The minimum atomic E-state index is 0.537. The summed E-state index contributed by atoms with van der Waals surface area (Å²) in [6, 6.07) is 8.34. The summed E-state index contributed by atoms with van der Waals surface area (Å²) in [5.74, 6) is 1.73. The van der Waals surface area contributed by atoms with E-state index in [1.807, 2.05) is 12.1 Å². The SMILES string of the molecule is CCCCc1ccc(-n2nnnc2SCc2nc(C)no2)cc1. The zero-order chi connectivity index (χ0) is 16.1. The summed E-state index contributed by atoms with van der Waals surface area (Å²) in [6.07, 6.45) is 3.50. The van der Waals surface area contributed by atoms with Crippen LogP contribution in [0.4, 0.5) is 0 Å². The van der Waals surface area contributed by atoms with E-state index in [9.17, 15) is 0 Å². The predicted octanol–water partition coefficient (Wildman–Crippen LogP) is 2.99. The van der Waals surface area contributed by atoms with Gasteiger partial charge in [-0.2, -0.15) is 9.67 Å². The van der Waals surface area contributed by atoms with Gasteiger partial charge in [-0.3, -0.25) is 0 Å². The Balaban J connectivity index is 1.70. The molecule has 2 heterocycles. The quantitative estimate of drug-likeness (QED) is 0.616. The summed E-state index contributed by atoms with van der Waals surface area (Å²) >= 11 is 1.46. The van der Waals surface area contributed by atoms with Crippen LogP contribution in [0, 0.1) is 6.92 Å². The van der Waals surface area contributed by atoms with Crippen molar-refractivity contribution in [2.24, 2.45) is 0 Å². The van der Waals surface area contributed by atoms with Crippen LogP contribution in [-0.4, -0.2) is 30.3 Å². The number of aromatic nitrogens is 6. The van der Waals surface area contributed by atoms with E-state index in [2.05, 4.69) is 44.7 Å². The third kappa shape index (κ3) is 3.95. The van der Waals surface area contributed by atoms with Crippen molar-refractivity contribution < 1.29 is 4.52 Å². The van der Waals surface area contributed by atoms with Crippen molar-refractivity contribution in [2.45, 2.75) is 44.0 Å². The molecular formula is C15H18N6OS. The Hall–Kier alpha value is -2.22. The van der Waals surface area contributed by atoms with Gasteiger partial charge in [0.2, 0.25) is 11.0 Å². The van der Waals surface area contributed by atoms with Gasteiger partial charge in [0.15, 0.2) is 5.82 Å². The molecule has 3 aromatic rings. The van der Waals surface area contributed by atoms with Gasteiger partial charge in [-0.25, -0.2) is 0 Å². The van der Waals surface area contributed by atoms with Gasteiger partial charge in [0.1, 0.15) is 0 Å². The molecule has 0 unspecified atom stereocenters. The number of rotatable bonds is 7. The average molecular weight is 330 g/mol. The van der Waals surface area contributed by atoms with E-state index in [0.717, 1.165) is 12.1 Å². The minimum Gasteiger partial charge on any atom is -0.338 e. The van der Waals surface area contributed by atoms with Gasteiger partial charge >= 0.3 is 0 Å². The minimum absolute atomic E-state index is 0.537. The van der Waals surface area contributed by atoms with E-state index in [0.29, 0.717) is 22.6 Å². The van der Waals surface area contributed by atoms with Crippen LogP contribution >= 0.6 is 11.8 Å². The van der Waals surface area contributed by atoms with Crippen LogP contribution in [-0.2, 0) is 12.2 Å². The molecule has 23 heavy (non-hydrogen) atoms. The predicted molar refractivity (Wildman–Crippen MR) is 86.4 cm³/mol. The molecular weight excluding hydrogens is 312 g/mol. The molecule has 0 radical (unpaired) electrons. The van der Waals surface area contributed by atoms with Crippen LogP contribution in [0.25, 0.3) is 5.69 Å². The van der Waals surface area contributed by atoms with Crippen molar-refractivity contribution in [1.82, 2.24) is 30.3 Å². The fraction of sp³-hybridized carbons (Fsp3) is 0.400. The Morgan fingerprint density at radius 1 is 1.22 bits per heavy atom. The fourth-order valence-corrected chi connectivity index (χ4v) is 2.87. The fourth-order valence-electron chi connectivity index (χ4n) is 2.14. The van der Waals surface area contributed by atoms with Gasteiger partial charge in [0.05, 0.1) is 11.4 Å². The summed E-state index contributed by atoms with van der Waals surface area (Å²) in [5.41, 5.74) is 2.28. The first-order valence-electron chi connectivity index (χ1n) is 7.56. The Bertz CT molecular complexity index is 751. The number of tetrazole rings is 1.